The molecule has 0 N–H and O–H groups in total. The molecule has 2 aromatic carbocycles. The SMILES string of the molecule is CCOC(=O)c1ccc(N(CC)c2cc3c4c(c2)CCCCC4CCCC3)cc1. The van der Waals surface area contributed by atoms with Crippen molar-refractivity contribution in [3.63, 3.8) is 0 Å². The molecule has 0 spiro atoms. The van der Waals surface area contributed by atoms with Gasteiger partial charge in [0.2, 0.25) is 0 Å². The summed E-state index contributed by atoms with van der Waals surface area (Å²) in [6.45, 7) is 5.34. The van der Waals surface area contributed by atoms with Crippen molar-refractivity contribution in [2.24, 2.45) is 0 Å². The third kappa shape index (κ3) is 4.19. The second kappa shape index (κ2) is 9.02. The molecule has 0 saturated carbocycles. The molecule has 2 aliphatic rings. The number of carbonyl (C=O) groups is 1. The maximum atomic E-state index is 12.0. The first kappa shape index (κ1) is 20.0. The summed E-state index contributed by atoms with van der Waals surface area (Å²) in [4.78, 5) is 14.3. The molecule has 3 nitrogen and oxygen atoms in total. The largest absolute Gasteiger partial charge is 0.462 e. The smallest absolute Gasteiger partial charge is 0.338 e. The Bertz CT molecular complexity index is 823. The fraction of sp³-hybridized carbons (Fsp3) is 0.500. The summed E-state index contributed by atoms with van der Waals surface area (Å²) in [7, 11) is 0. The van der Waals surface area contributed by atoms with Crippen LogP contribution in [0.25, 0.3) is 0 Å². The molecule has 2 aliphatic carbocycles. The van der Waals surface area contributed by atoms with Gasteiger partial charge in [-0.25, -0.2) is 4.79 Å². The molecule has 0 bridgehead atoms. The molecule has 0 saturated heterocycles. The van der Waals surface area contributed by atoms with Crippen LogP contribution in [-0.4, -0.2) is 19.1 Å². The Morgan fingerprint density at radius 3 is 2.10 bits per heavy atom. The second-order valence-electron chi connectivity index (χ2n) is 8.38. The first-order valence-electron chi connectivity index (χ1n) is 11.4. The van der Waals surface area contributed by atoms with Crippen LogP contribution in [0.15, 0.2) is 36.4 Å². The summed E-state index contributed by atoms with van der Waals surface area (Å²) in [5.74, 6) is 0.525. The van der Waals surface area contributed by atoms with Crippen LogP contribution in [0.4, 0.5) is 11.4 Å². The lowest BCUT2D eigenvalue weighted by Crippen LogP contribution is -2.17. The third-order valence-electron chi connectivity index (χ3n) is 6.56. The number of benzene rings is 2. The first-order chi connectivity index (χ1) is 14.2. The van der Waals surface area contributed by atoms with Gasteiger partial charge in [0, 0.05) is 17.9 Å². The molecule has 0 atom stereocenters. The van der Waals surface area contributed by atoms with Crippen LogP contribution >= 0.6 is 0 Å². The zero-order chi connectivity index (χ0) is 20.2. The molecular formula is C26H33NO2. The Balaban J connectivity index is 1.68. The average Bonchev–Trinajstić information content (AvgIpc) is 3.07. The van der Waals surface area contributed by atoms with Gasteiger partial charge in [-0.05, 0) is 111 Å². The topological polar surface area (TPSA) is 29.5 Å². The van der Waals surface area contributed by atoms with E-state index in [9.17, 15) is 4.79 Å². The van der Waals surface area contributed by atoms with E-state index in [2.05, 4.69) is 24.0 Å². The summed E-state index contributed by atoms with van der Waals surface area (Å²) >= 11 is 0. The average molecular weight is 392 g/mol. The monoisotopic (exact) mass is 391 g/mol. The van der Waals surface area contributed by atoms with Crippen molar-refractivity contribution in [3.8, 4) is 0 Å². The molecular weight excluding hydrogens is 358 g/mol. The summed E-state index contributed by atoms with van der Waals surface area (Å²) < 4.78 is 5.12. The van der Waals surface area contributed by atoms with E-state index in [4.69, 9.17) is 4.74 Å². The number of ether oxygens (including phenoxy) is 1. The Kier molecular flexibility index (Phi) is 6.22. The standard InChI is InChI=1S/C26H33NO2/c1-3-27(23-15-13-20(14-16-23)26(28)29-4-2)24-17-21-11-7-5-9-19-10-6-8-12-22(18-24)25(19)21/h13-19H,3-12H2,1-2H3. The minimum atomic E-state index is -0.251. The predicted molar refractivity (Wildman–Crippen MR) is 119 cm³/mol. The van der Waals surface area contributed by atoms with Gasteiger partial charge in [-0.1, -0.05) is 12.8 Å². The fourth-order valence-electron chi connectivity index (χ4n) is 5.21. The van der Waals surface area contributed by atoms with Gasteiger partial charge >= 0.3 is 5.97 Å². The normalized spacial score (nSPS) is 16.5. The molecule has 154 valence electrons. The highest BCUT2D eigenvalue weighted by atomic mass is 16.5. The number of aryl methyl sites for hydroxylation is 2. The zero-order valence-corrected chi connectivity index (χ0v) is 17.9. The van der Waals surface area contributed by atoms with Gasteiger partial charge in [0.15, 0.2) is 0 Å². The molecule has 4 rings (SSSR count). The van der Waals surface area contributed by atoms with Gasteiger partial charge in [-0.15, -0.1) is 0 Å². The zero-order valence-electron chi connectivity index (χ0n) is 17.9. The van der Waals surface area contributed by atoms with Crippen molar-refractivity contribution in [2.75, 3.05) is 18.1 Å². The highest BCUT2D eigenvalue weighted by molar-refractivity contribution is 5.90. The Morgan fingerprint density at radius 1 is 0.931 bits per heavy atom. The van der Waals surface area contributed by atoms with Crippen LogP contribution < -0.4 is 4.90 Å². The molecule has 0 radical (unpaired) electrons. The van der Waals surface area contributed by atoms with Gasteiger partial charge in [0.1, 0.15) is 0 Å². The van der Waals surface area contributed by atoms with Gasteiger partial charge in [-0.3, -0.25) is 0 Å². The van der Waals surface area contributed by atoms with E-state index in [-0.39, 0.29) is 5.97 Å². The van der Waals surface area contributed by atoms with Crippen molar-refractivity contribution in [2.45, 2.75) is 71.1 Å². The van der Waals surface area contributed by atoms with Gasteiger partial charge in [0.05, 0.1) is 12.2 Å². The van der Waals surface area contributed by atoms with Crippen LogP contribution in [0.1, 0.15) is 85.3 Å². The van der Waals surface area contributed by atoms with E-state index in [0.29, 0.717) is 12.2 Å². The fourth-order valence-corrected chi connectivity index (χ4v) is 5.21. The van der Waals surface area contributed by atoms with Crippen LogP contribution in [-0.2, 0) is 17.6 Å². The lowest BCUT2D eigenvalue weighted by molar-refractivity contribution is 0.0526. The lowest BCUT2D eigenvalue weighted by Gasteiger charge is -2.27. The summed E-state index contributed by atoms with van der Waals surface area (Å²) in [6, 6.07) is 12.7. The molecule has 2 aromatic rings. The lowest BCUT2D eigenvalue weighted by atomic mass is 9.86. The molecule has 3 heteroatoms. The number of hydrogen-bond donors (Lipinski definition) is 0. The van der Waals surface area contributed by atoms with Gasteiger partial charge in [-0.2, -0.15) is 0 Å². The second-order valence-corrected chi connectivity index (χ2v) is 8.38. The number of rotatable bonds is 5. The van der Waals surface area contributed by atoms with E-state index in [1.807, 2.05) is 31.2 Å². The summed E-state index contributed by atoms with van der Waals surface area (Å²) in [5, 5.41) is 0. The minimum Gasteiger partial charge on any atom is -0.462 e. The summed E-state index contributed by atoms with van der Waals surface area (Å²) in [6.07, 6.45) is 10.5. The highest BCUT2D eigenvalue weighted by Crippen LogP contribution is 2.42. The van der Waals surface area contributed by atoms with E-state index in [0.717, 1.165) is 18.2 Å². The van der Waals surface area contributed by atoms with Crippen LogP contribution in [0.2, 0.25) is 0 Å². The molecule has 0 amide bonds. The summed E-state index contributed by atoms with van der Waals surface area (Å²) in [5.41, 5.74) is 7.91. The number of esters is 1. The van der Waals surface area contributed by atoms with Gasteiger partial charge < -0.3 is 9.64 Å². The molecule has 29 heavy (non-hydrogen) atoms. The molecule has 0 heterocycles. The van der Waals surface area contributed by atoms with Crippen LogP contribution in [0.5, 0.6) is 0 Å². The van der Waals surface area contributed by atoms with E-state index in [1.54, 1.807) is 16.7 Å². The Labute approximate surface area is 175 Å². The maximum Gasteiger partial charge on any atom is 0.338 e. The number of hydrogen-bond acceptors (Lipinski definition) is 3. The van der Waals surface area contributed by atoms with Crippen molar-refractivity contribution in [1.82, 2.24) is 0 Å². The Hall–Kier alpha value is -2.29. The molecule has 0 aromatic heterocycles. The third-order valence-corrected chi connectivity index (χ3v) is 6.56. The first-order valence-corrected chi connectivity index (χ1v) is 11.4. The molecule has 0 fully saturated rings. The van der Waals surface area contributed by atoms with Crippen LogP contribution in [0.3, 0.4) is 0 Å². The van der Waals surface area contributed by atoms with Crippen molar-refractivity contribution < 1.29 is 9.53 Å². The van der Waals surface area contributed by atoms with Gasteiger partial charge in [0.25, 0.3) is 0 Å². The Morgan fingerprint density at radius 2 is 1.55 bits per heavy atom. The van der Waals surface area contributed by atoms with E-state index < -0.39 is 0 Å². The van der Waals surface area contributed by atoms with E-state index in [1.165, 1.54) is 57.1 Å². The molecule has 0 aliphatic heterocycles. The highest BCUT2D eigenvalue weighted by Gasteiger charge is 2.25. The quantitative estimate of drug-likeness (QED) is 0.541. The van der Waals surface area contributed by atoms with Crippen molar-refractivity contribution in [3.05, 3.63) is 58.7 Å². The predicted octanol–water partition coefficient (Wildman–Crippen LogP) is 6.56. The van der Waals surface area contributed by atoms with Crippen molar-refractivity contribution in [1.29, 1.82) is 0 Å². The number of anilines is 2. The minimum absolute atomic E-state index is 0.251. The van der Waals surface area contributed by atoms with Crippen molar-refractivity contribution >= 4 is 17.3 Å². The molecule has 0 unspecified atom stereocenters. The maximum absolute atomic E-state index is 12.0. The van der Waals surface area contributed by atoms with Crippen LogP contribution in [0, 0.1) is 0 Å². The van der Waals surface area contributed by atoms with E-state index >= 15 is 0 Å². The number of carbonyl (C=O) groups excluding carboxylic acids is 1. The number of nitrogens with zero attached hydrogens (tertiary/aromatic N) is 1.